The van der Waals surface area contributed by atoms with E-state index in [4.69, 9.17) is 5.73 Å². The number of nitrogens with two attached hydrogens (primary N) is 1. The SMILES string of the molecule is CCCCCCC(C)(CCC)N1C=CC(N)C=CC1. The molecule has 0 amide bonds. The summed E-state index contributed by atoms with van der Waals surface area (Å²) in [6.45, 7) is 7.97. The van der Waals surface area contributed by atoms with E-state index in [0.29, 0.717) is 0 Å². The number of hydrogen-bond acceptors (Lipinski definition) is 2. The van der Waals surface area contributed by atoms with Gasteiger partial charge in [0, 0.05) is 18.1 Å². The number of hydrogen-bond donors (Lipinski definition) is 1. The van der Waals surface area contributed by atoms with Crippen LogP contribution in [0.2, 0.25) is 0 Å². The zero-order valence-electron chi connectivity index (χ0n) is 13.1. The van der Waals surface area contributed by atoms with Crippen molar-refractivity contribution in [3.63, 3.8) is 0 Å². The van der Waals surface area contributed by atoms with Gasteiger partial charge in [-0.05, 0) is 32.0 Å². The molecule has 2 unspecified atom stereocenters. The first kappa shape index (κ1) is 16.3. The molecule has 2 heteroatoms. The molecule has 0 aromatic rings. The van der Waals surface area contributed by atoms with E-state index in [1.165, 1.54) is 44.9 Å². The molecule has 0 radical (unpaired) electrons. The van der Waals surface area contributed by atoms with E-state index in [1.54, 1.807) is 0 Å². The van der Waals surface area contributed by atoms with Crippen LogP contribution >= 0.6 is 0 Å². The Balaban J connectivity index is 2.63. The molecule has 0 saturated heterocycles. The van der Waals surface area contributed by atoms with Crippen LogP contribution in [-0.4, -0.2) is 23.0 Å². The quantitative estimate of drug-likeness (QED) is 0.525. The molecular formula is C17H32N2. The molecule has 0 aromatic carbocycles. The molecule has 2 nitrogen and oxygen atoms in total. The van der Waals surface area contributed by atoms with Crippen LogP contribution < -0.4 is 5.73 Å². The Hall–Kier alpha value is -0.760. The van der Waals surface area contributed by atoms with Crippen LogP contribution in [0.25, 0.3) is 0 Å². The monoisotopic (exact) mass is 264 g/mol. The fraction of sp³-hybridized carbons (Fsp3) is 0.765. The molecule has 1 heterocycles. The highest BCUT2D eigenvalue weighted by atomic mass is 15.2. The number of unbranched alkanes of at least 4 members (excludes halogenated alkanes) is 3. The molecule has 0 spiro atoms. The van der Waals surface area contributed by atoms with Gasteiger partial charge in [0.2, 0.25) is 0 Å². The Bertz CT molecular complexity index is 296. The van der Waals surface area contributed by atoms with Gasteiger partial charge < -0.3 is 10.6 Å². The minimum atomic E-state index is 0.0796. The van der Waals surface area contributed by atoms with Crippen LogP contribution in [0.1, 0.15) is 65.7 Å². The van der Waals surface area contributed by atoms with Gasteiger partial charge in [-0.15, -0.1) is 0 Å². The van der Waals surface area contributed by atoms with Crippen LogP contribution in [0.4, 0.5) is 0 Å². The minimum absolute atomic E-state index is 0.0796. The summed E-state index contributed by atoms with van der Waals surface area (Å²) in [6.07, 6.45) is 17.8. The van der Waals surface area contributed by atoms with Crippen LogP contribution in [0.5, 0.6) is 0 Å². The van der Waals surface area contributed by atoms with Crippen molar-refractivity contribution in [1.82, 2.24) is 4.90 Å². The molecule has 1 aliphatic rings. The van der Waals surface area contributed by atoms with Gasteiger partial charge in [0.25, 0.3) is 0 Å². The Morgan fingerprint density at radius 2 is 1.89 bits per heavy atom. The van der Waals surface area contributed by atoms with Crippen molar-refractivity contribution in [3.05, 3.63) is 24.4 Å². The van der Waals surface area contributed by atoms with Crippen molar-refractivity contribution >= 4 is 0 Å². The van der Waals surface area contributed by atoms with E-state index < -0.39 is 0 Å². The summed E-state index contributed by atoms with van der Waals surface area (Å²) in [5, 5.41) is 0. The van der Waals surface area contributed by atoms with Gasteiger partial charge in [0.15, 0.2) is 0 Å². The third kappa shape index (κ3) is 5.40. The molecule has 2 atom stereocenters. The Labute approximate surface area is 119 Å². The smallest absolute Gasteiger partial charge is 0.0428 e. The lowest BCUT2D eigenvalue weighted by Gasteiger charge is -2.41. The number of nitrogens with zero attached hydrogens (tertiary/aromatic N) is 1. The first-order valence-corrected chi connectivity index (χ1v) is 7.99. The Morgan fingerprint density at radius 1 is 1.11 bits per heavy atom. The van der Waals surface area contributed by atoms with Crippen molar-refractivity contribution in [3.8, 4) is 0 Å². The van der Waals surface area contributed by atoms with Crippen molar-refractivity contribution < 1.29 is 0 Å². The molecule has 0 aliphatic carbocycles. The van der Waals surface area contributed by atoms with E-state index in [9.17, 15) is 0 Å². The molecule has 0 bridgehead atoms. The highest BCUT2D eigenvalue weighted by molar-refractivity contribution is 5.11. The van der Waals surface area contributed by atoms with E-state index in [0.717, 1.165) is 6.54 Å². The maximum Gasteiger partial charge on any atom is 0.0428 e. The molecule has 1 aliphatic heterocycles. The van der Waals surface area contributed by atoms with E-state index in [1.807, 2.05) is 0 Å². The molecule has 19 heavy (non-hydrogen) atoms. The lowest BCUT2D eigenvalue weighted by Crippen LogP contribution is -2.43. The third-order valence-electron chi connectivity index (χ3n) is 4.20. The van der Waals surface area contributed by atoms with Gasteiger partial charge in [-0.3, -0.25) is 0 Å². The third-order valence-corrected chi connectivity index (χ3v) is 4.20. The molecule has 1 rings (SSSR count). The summed E-state index contributed by atoms with van der Waals surface area (Å²) >= 11 is 0. The van der Waals surface area contributed by atoms with Crippen molar-refractivity contribution in [1.29, 1.82) is 0 Å². The first-order chi connectivity index (χ1) is 9.12. The second-order valence-electron chi connectivity index (χ2n) is 6.06. The summed E-state index contributed by atoms with van der Waals surface area (Å²) in [6, 6.07) is 0.0796. The Morgan fingerprint density at radius 3 is 2.58 bits per heavy atom. The lowest BCUT2D eigenvalue weighted by atomic mass is 9.87. The highest BCUT2D eigenvalue weighted by Gasteiger charge is 2.28. The van der Waals surface area contributed by atoms with Gasteiger partial charge in [0.05, 0.1) is 0 Å². The predicted octanol–water partition coefficient (Wildman–Crippen LogP) is 4.23. The van der Waals surface area contributed by atoms with Gasteiger partial charge in [-0.1, -0.05) is 58.1 Å². The molecular weight excluding hydrogens is 232 g/mol. The summed E-state index contributed by atoms with van der Waals surface area (Å²) in [4.78, 5) is 2.49. The summed E-state index contributed by atoms with van der Waals surface area (Å²) in [5.74, 6) is 0. The van der Waals surface area contributed by atoms with Gasteiger partial charge in [0.1, 0.15) is 0 Å². The van der Waals surface area contributed by atoms with E-state index in [-0.39, 0.29) is 11.6 Å². The standard InChI is InChI=1S/C17H32N2/c1-4-6-7-8-13-17(3,12-5-2)19-14-9-10-16(18)11-15-19/h9-11,15-16H,4-8,12-14,18H2,1-3H3. The molecule has 0 saturated carbocycles. The molecule has 2 N–H and O–H groups in total. The van der Waals surface area contributed by atoms with Crippen molar-refractivity contribution in [2.75, 3.05) is 6.54 Å². The van der Waals surface area contributed by atoms with Crippen LogP contribution in [0.3, 0.4) is 0 Å². The normalized spacial score (nSPS) is 22.3. The van der Waals surface area contributed by atoms with Crippen LogP contribution in [-0.2, 0) is 0 Å². The average Bonchev–Trinajstić information content (AvgIpc) is 2.60. The largest absolute Gasteiger partial charge is 0.369 e. The Kier molecular flexibility index (Phi) is 7.22. The maximum atomic E-state index is 5.95. The van der Waals surface area contributed by atoms with Gasteiger partial charge in [-0.25, -0.2) is 0 Å². The summed E-state index contributed by atoms with van der Waals surface area (Å²) < 4.78 is 0. The minimum Gasteiger partial charge on any atom is -0.369 e. The van der Waals surface area contributed by atoms with Gasteiger partial charge in [-0.2, -0.15) is 0 Å². The molecule has 0 fully saturated rings. The summed E-state index contributed by atoms with van der Waals surface area (Å²) in [5.41, 5.74) is 6.24. The predicted molar refractivity (Wildman–Crippen MR) is 85.0 cm³/mol. The molecule has 0 aromatic heterocycles. The topological polar surface area (TPSA) is 29.3 Å². The highest BCUT2D eigenvalue weighted by Crippen LogP contribution is 2.29. The average molecular weight is 264 g/mol. The van der Waals surface area contributed by atoms with Crippen molar-refractivity contribution in [2.45, 2.75) is 77.3 Å². The van der Waals surface area contributed by atoms with Crippen molar-refractivity contribution in [2.24, 2.45) is 5.73 Å². The zero-order valence-corrected chi connectivity index (χ0v) is 13.1. The van der Waals surface area contributed by atoms with Crippen LogP contribution in [0, 0.1) is 0 Å². The lowest BCUT2D eigenvalue weighted by molar-refractivity contribution is 0.149. The molecule has 110 valence electrons. The zero-order chi connectivity index (χ0) is 14.1. The first-order valence-electron chi connectivity index (χ1n) is 7.99. The van der Waals surface area contributed by atoms with Crippen LogP contribution in [0.15, 0.2) is 24.4 Å². The second-order valence-corrected chi connectivity index (χ2v) is 6.06. The van der Waals surface area contributed by atoms with Gasteiger partial charge >= 0.3 is 0 Å². The van der Waals surface area contributed by atoms with E-state index >= 15 is 0 Å². The fourth-order valence-corrected chi connectivity index (χ4v) is 2.94. The number of rotatable bonds is 8. The fourth-order valence-electron chi connectivity index (χ4n) is 2.94. The summed E-state index contributed by atoms with van der Waals surface area (Å²) in [7, 11) is 0. The van der Waals surface area contributed by atoms with E-state index in [2.05, 4.69) is 50.1 Å². The maximum absolute atomic E-state index is 5.95. The second kappa shape index (κ2) is 8.42.